The fourth-order valence-corrected chi connectivity index (χ4v) is 3.40. The Hall–Kier alpha value is -3.39. The minimum Gasteiger partial charge on any atom is -0.505 e. The van der Waals surface area contributed by atoms with Crippen molar-refractivity contribution in [3.8, 4) is 17.2 Å². The molecule has 1 N–H and O–H groups in total. The maximum Gasteiger partial charge on any atom is 0.339 e. The number of hydrogen-bond donors (Lipinski definition) is 1. The van der Waals surface area contributed by atoms with Crippen molar-refractivity contribution in [2.24, 2.45) is 0 Å². The highest BCUT2D eigenvalue weighted by atomic mass is 32.2. The molecule has 8 heteroatoms. The number of phenolic OH excluding ortho intramolecular Hbond substituents is 1. The zero-order valence-electron chi connectivity index (χ0n) is 13.4. The lowest BCUT2D eigenvalue weighted by molar-refractivity contribution is 0.458. The highest BCUT2D eigenvalue weighted by molar-refractivity contribution is 7.87. The molecule has 3 aromatic carbocycles. The average Bonchev–Trinajstić information content (AvgIpc) is 3.06. The summed E-state index contributed by atoms with van der Waals surface area (Å²) in [6.07, 6.45) is 0. The first-order valence-corrected chi connectivity index (χ1v) is 9.09. The van der Waals surface area contributed by atoms with Crippen LogP contribution in [-0.2, 0) is 10.1 Å². The van der Waals surface area contributed by atoms with Crippen molar-refractivity contribution < 1.29 is 17.7 Å². The van der Waals surface area contributed by atoms with Crippen LogP contribution in [-0.4, -0.2) is 28.5 Å². The molecule has 0 aliphatic heterocycles. The Bertz CT molecular complexity index is 1150. The van der Waals surface area contributed by atoms with Crippen molar-refractivity contribution in [3.05, 3.63) is 72.8 Å². The van der Waals surface area contributed by atoms with E-state index in [9.17, 15) is 13.5 Å². The molecular formula is C18H13N3O4S. The van der Waals surface area contributed by atoms with Gasteiger partial charge in [-0.25, -0.2) is 0 Å². The molecule has 1 heterocycles. The standard InChI is InChI=1S/C18H13N3O4S/c22-18-12-13(25-26(23,24)14-6-2-1-3-7-14)10-11-17(18)21-19-15-8-4-5-9-16(15)20-21/h1-12,22H. The molecule has 4 aromatic rings. The van der Waals surface area contributed by atoms with E-state index >= 15 is 0 Å². The van der Waals surface area contributed by atoms with Gasteiger partial charge in [0.15, 0.2) is 0 Å². The Morgan fingerprint density at radius 1 is 0.846 bits per heavy atom. The molecule has 0 fully saturated rings. The molecule has 0 saturated carbocycles. The smallest absolute Gasteiger partial charge is 0.339 e. The van der Waals surface area contributed by atoms with Gasteiger partial charge in [-0.2, -0.15) is 8.42 Å². The van der Waals surface area contributed by atoms with E-state index in [1.807, 2.05) is 12.1 Å². The molecule has 0 atom stereocenters. The highest BCUT2D eigenvalue weighted by Gasteiger charge is 2.17. The minimum absolute atomic E-state index is 0.00758. The van der Waals surface area contributed by atoms with E-state index in [-0.39, 0.29) is 16.4 Å². The molecule has 26 heavy (non-hydrogen) atoms. The summed E-state index contributed by atoms with van der Waals surface area (Å²) in [6.45, 7) is 0. The Morgan fingerprint density at radius 3 is 2.08 bits per heavy atom. The first-order valence-electron chi connectivity index (χ1n) is 7.68. The summed E-state index contributed by atoms with van der Waals surface area (Å²) in [5.74, 6) is -0.210. The molecule has 0 aliphatic rings. The lowest BCUT2D eigenvalue weighted by atomic mass is 10.3. The van der Waals surface area contributed by atoms with Crippen LogP contribution in [0.15, 0.2) is 77.7 Å². The van der Waals surface area contributed by atoms with Crippen LogP contribution in [0.4, 0.5) is 0 Å². The molecule has 0 unspecified atom stereocenters. The molecular weight excluding hydrogens is 354 g/mol. The molecule has 0 aliphatic carbocycles. The topological polar surface area (TPSA) is 94.3 Å². The highest BCUT2D eigenvalue weighted by Crippen LogP contribution is 2.28. The van der Waals surface area contributed by atoms with Crippen molar-refractivity contribution in [1.82, 2.24) is 15.0 Å². The van der Waals surface area contributed by atoms with Crippen LogP contribution in [0, 0.1) is 0 Å². The average molecular weight is 367 g/mol. The third kappa shape index (κ3) is 2.98. The second-order valence-electron chi connectivity index (χ2n) is 5.48. The second-order valence-corrected chi connectivity index (χ2v) is 7.03. The van der Waals surface area contributed by atoms with Crippen LogP contribution in [0.2, 0.25) is 0 Å². The third-order valence-corrected chi connectivity index (χ3v) is 4.95. The summed E-state index contributed by atoms with van der Waals surface area (Å²) in [5, 5.41) is 18.8. The van der Waals surface area contributed by atoms with Crippen molar-refractivity contribution in [3.63, 3.8) is 0 Å². The molecule has 0 bridgehead atoms. The Balaban J connectivity index is 1.66. The maximum atomic E-state index is 12.3. The van der Waals surface area contributed by atoms with Gasteiger partial charge in [-0.05, 0) is 36.4 Å². The fourth-order valence-electron chi connectivity index (χ4n) is 2.45. The van der Waals surface area contributed by atoms with Crippen LogP contribution >= 0.6 is 0 Å². The molecule has 1 aromatic heterocycles. The van der Waals surface area contributed by atoms with E-state index in [0.29, 0.717) is 16.7 Å². The van der Waals surface area contributed by atoms with Crippen molar-refractivity contribution in [2.75, 3.05) is 0 Å². The van der Waals surface area contributed by atoms with Gasteiger partial charge in [-0.15, -0.1) is 15.0 Å². The lowest BCUT2D eigenvalue weighted by Gasteiger charge is -2.09. The number of aromatic nitrogens is 3. The summed E-state index contributed by atoms with van der Waals surface area (Å²) in [4.78, 5) is 1.32. The predicted molar refractivity (Wildman–Crippen MR) is 94.8 cm³/mol. The van der Waals surface area contributed by atoms with E-state index in [0.717, 1.165) is 0 Å². The summed E-state index contributed by atoms with van der Waals surface area (Å²) in [5.41, 5.74) is 1.67. The van der Waals surface area contributed by atoms with E-state index in [4.69, 9.17) is 4.18 Å². The van der Waals surface area contributed by atoms with Gasteiger partial charge in [-0.1, -0.05) is 30.3 Å². The summed E-state index contributed by atoms with van der Waals surface area (Å²) in [7, 11) is -3.98. The van der Waals surface area contributed by atoms with Gasteiger partial charge in [0.05, 0.1) is 0 Å². The quantitative estimate of drug-likeness (QED) is 0.557. The van der Waals surface area contributed by atoms with Gasteiger partial charge in [-0.3, -0.25) is 0 Å². The largest absolute Gasteiger partial charge is 0.505 e. The minimum atomic E-state index is -3.98. The Morgan fingerprint density at radius 2 is 1.46 bits per heavy atom. The zero-order chi connectivity index (χ0) is 18.1. The molecule has 0 saturated heterocycles. The van der Waals surface area contributed by atoms with E-state index < -0.39 is 10.1 Å². The zero-order valence-corrected chi connectivity index (χ0v) is 14.2. The van der Waals surface area contributed by atoms with Gasteiger partial charge < -0.3 is 9.29 Å². The summed E-state index contributed by atoms with van der Waals surface area (Å²) in [6, 6.07) is 19.2. The maximum absolute atomic E-state index is 12.3. The van der Waals surface area contributed by atoms with Crippen molar-refractivity contribution in [2.45, 2.75) is 4.90 Å². The van der Waals surface area contributed by atoms with Crippen molar-refractivity contribution >= 4 is 21.2 Å². The molecule has 0 spiro atoms. The second kappa shape index (κ2) is 6.16. The summed E-state index contributed by atoms with van der Waals surface area (Å²) >= 11 is 0. The molecule has 0 amide bonds. The van der Waals surface area contributed by atoms with Crippen molar-refractivity contribution in [1.29, 1.82) is 0 Å². The Labute approximate surface area is 149 Å². The van der Waals surface area contributed by atoms with Crippen LogP contribution in [0.25, 0.3) is 16.7 Å². The normalized spacial score (nSPS) is 11.5. The number of rotatable bonds is 4. The SMILES string of the molecule is O=S(=O)(Oc1ccc(-n2nc3ccccc3n2)c(O)c1)c1ccccc1. The van der Waals surface area contributed by atoms with Crippen LogP contribution in [0.1, 0.15) is 0 Å². The number of aromatic hydroxyl groups is 1. The third-order valence-electron chi connectivity index (χ3n) is 3.69. The van der Waals surface area contributed by atoms with E-state index in [1.165, 1.54) is 35.1 Å². The van der Waals surface area contributed by atoms with Crippen LogP contribution in [0.3, 0.4) is 0 Å². The number of nitrogens with zero attached hydrogens (tertiary/aromatic N) is 3. The lowest BCUT2D eigenvalue weighted by Crippen LogP contribution is -2.09. The molecule has 130 valence electrons. The van der Waals surface area contributed by atoms with Gasteiger partial charge >= 0.3 is 10.1 Å². The van der Waals surface area contributed by atoms with Gasteiger partial charge in [0, 0.05) is 6.07 Å². The number of fused-ring (bicyclic) bond motifs is 1. The van der Waals surface area contributed by atoms with Gasteiger partial charge in [0.1, 0.15) is 33.1 Å². The monoisotopic (exact) mass is 367 g/mol. The molecule has 4 rings (SSSR count). The van der Waals surface area contributed by atoms with Gasteiger partial charge in [0.2, 0.25) is 0 Å². The number of hydrogen-bond acceptors (Lipinski definition) is 6. The fraction of sp³-hybridized carbons (Fsp3) is 0. The van der Waals surface area contributed by atoms with Gasteiger partial charge in [0.25, 0.3) is 0 Å². The van der Waals surface area contributed by atoms with E-state index in [1.54, 1.807) is 30.3 Å². The van der Waals surface area contributed by atoms with Crippen LogP contribution in [0.5, 0.6) is 11.5 Å². The molecule has 0 radical (unpaired) electrons. The first-order chi connectivity index (χ1) is 12.5. The predicted octanol–water partition coefficient (Wildman–Crippen LogP) is 2.89. The summed E-state index contributed by atoms with van der Waals surface area (Å²) < 4.78 is 29.6. The van der Waals surface area contributed by atoms with Crippen LogP contribution < -0.4 is 4.18 Å². The molecule has 7 nitrogen and oxygen atoms in total. The number of benzene rings is 3. The first kappa shape index (κ1) is 16.1. The number of phenols is 1. The van der Waals surface area contributed by atoms with E-state index in [2.05, 4.69) is 10.2 Å². The Kier molecular flexibility index (Phi) is 3.81.